The first-order valence-corrected chi connectivity index (χ1v) is 9.36. The number of carbonyl (C=O) groups excluding carboxylic acids is 1. The van der Waals surface area contributed by atoms with Crippen molar-refractivity contribution in [3.63, 3.8) is 0 Å². The van der Waals surface area contributed by atoms with Crippen LogP contribution >= 0.6 is 0 Å². The minimum atomic E-state index is -3.23. The third kappa shape index (κ3) is 3.97. The topological polar surface area (TPSA) is 95.5 Å². The van der Waals surface area contributed by atoms with E-state index in [1.165, 1.54) is 16.8 Å². The van der Waals surface area contributed by atoms with Gasteiger partial charge in [0, 0.05) is 45.8 Å². The monoisotopic (exact) mass is 341 g/mol. The molecule has 128 valence electrons. The fraction of sp³-hybridized carbons (Fsp3) is 0.643. The Kier molecular flexibility index (Phi) is 5.20. The Bertz CT molecular complexity index is 690. The maximum absolute atomic E-state index is 12.2. The molecule has 23 heavy (non-hydrogen) atoms. The molecule has 2 rings (SSSR count). The van der Waals surface area contributed by atoms with Crippen molar-refractivity contribution < 1.29 is 13.2 Å². The molecule has 2 heterocycles. The lowest BCUT2D eigenvalue weighted by Crippen LogP contribution is -2.29. The van der Waals surface area contributed by atoms with Gasteiger partial charge in [-0.25, -0.2) is 22.7 Å². The first-order valence-electron chi connectivity index (χ1n) is 7.51. The summed E-state index contributed by atoms with van der Waals surface area (Å²) in [7, 11) is 0.409. The fourth-order valence-corrected chi connectivity index (χ4v) is 3.48. The molecule has 1 fully saturated rings. The Labute approximate surface area is 137 Å². The molecule has 1 aliphatic rings. The van der Waals surface area contributed by atoms with E-state index in [9.17, 15) is 13.2 Å². The largest absolute Gasteiger partial charge is 0.352 e. The summed E-state index contributed by atoms with van der Waals surface area (Å²) in [5.41, 5.74) is 1.03. The van der Waals surface area contributed by atoms with E-state index in [1.54, 1.807) is 4.90 Å². The summed E-state index contributed by atoms with van der Waals surface area (Å²) in [5, 5.41) is 2.75. The molecule has 1 unspecified atom stereocenters. The van der Waals surface area contributed by atoms with Gasteiger partial charge in [-0.2, -0.15) is 0 Å². The summed E-state index contributed by atoms with van der Waals surface area (Å²) in [5.74, 6) is 0.167. The third-order valence-corrected chi connectivity index (χ3v) is 5.06. The van der Waals surface area contributed by atoms with E-state index in [-0.39, 0.29) is 11.8 Å². The molecule has 0 bridgehead atoms. The van der Waals surface area contributed by atoms with Crippen LogP contribution in [0, 0.1) is 0 Å². The zero-order chi connectivity index (χ0) is 17.2. The van der Waals surface area contributed by atoms with Crippen LogP contribution in [0.4, 0.5) is 5.95 Å². The van der Waals surface area contributed by atoms with Crippen molar-refractivity contribution in [2.75, 3.05) is 44.9 Å². The summed E-state index contributed by atoms with van der Waals surface area (Å²) in [6, 6.07) is 0. The Morgan fingerprint density at radius 3 is 2.70 bits per heavy atom. The number of anilines is 1. The zero-order valence-corrected chi connectivity index (χ0v) is 14.7. The number of aromatic nitrogens is 2. The molecule has 1 saturated heterocycles. The Morgan fingerprint density at radius 1 is 1.48 bits per heavy atom. The van der Waals surface area contributed by atoms with Crippen molar-refractivity contribution in [3.8, 4) is 0 Å². The van der Waals surface area contributed by atoms with Gasteiger partial charge in [0.1, 0.15) is 0 Å². The van der Waals surface area contributed by atoms with E-state index in [1.807, 2.05) is 21.0 Å². The van der Waals surface area contributed by atoms with Gasteiger partial charge in [0.05, 0.1) is 17.5 Å². The molecule has 8 nitrogen and oxygen atoms in total. The SMILES string of the molecule is CCNC(=O)c1cnc(N(C)C)nc1C1CCN(S(C)(=O)=O)C1. The van der Waals surface area contributed by atoms with Gasteiger partial charge in [0.2, 0.25) is 16.0 Å². The van der Waals surface area contributed by atoms with Crippen LogP contribution in [-0.2, 0) is 10.0 Å². The number of carbonyl (C=O) groups is 1. The highest BCUT2D eigenvalue weighted by Gasteiger charge is 2.33. The fourth-order valence-electron chi connectivity index (χ4n) is 2.60. The van der Waals surface area contributed by atoms with E-state index in [0.29, 0.717) is 43.3 Å². The van der Waals surface area contributed by atoms with Crippen molar-refractivity contribution in [1.82, 2.24) is 19.6 Å². The molecule has 0 radical (unpaired) electrons. The van der Waals surface area contributed by atoms with Gasteiger partial charge in [0.25, 0.3) is 5.91 Å². The van der Waals surface area contributed by atoms with Crippen LogP contribution in [0.25, 0.3) is 0 Å². The van der Waals surface area contributed by atoms with Crippen molar-refractivity contribution in [2.24, 2.45) is 0 Å². The molecule has 1 N–H and O–H groups in total. The van der Waals surface area contributed by atoms with Crippen molar-refractivity contribution in [3.05, 3.63) is 17.5 Å². The van der Waals surface area contributed by atoms with Crippen LogP contribution in [0.1, 0.15) is 35.3 Å². The summed E-state index contributed by atoms with van der Waals surface area (Å²) in [4.78, 5) is 22.7. The molecule has 0 aromatic carbocycles. The standard InChI is InChI=1S/C14H23N5O3S/c1-5-15-13(20)11-8-16-14(18(2)3)17-12(11)10-6-7-19(9-10)23(4,21)22/h8,10H,5-7,9H2,1-4H3,(H,15,20). The molecule has 1 aromatic rings. The van der Waals surface area contributed by atoms with Crippen LogP contribution in [0.5, 0.6) is 0 Å². The number of sulfonamides is 1. The summed E-state index contributed by atoms with van der Waals surface area (Å²) in [6.07, 6.45) is 3.36. The van der Waals surface area contributed by atoms with Gasteiger partial charge in [-0.15, -0.1) is 0 Å². The lowest BCUT2D eigenvalue weighted by atomic mass is 10.00. The second-order valence-electron chi connectivity index (χ2n) is 5.83. The Hall–Kier alpha value is -1.74. The highest BCUT2D eigenvalue weighted by atomic mass is 32.2. The minimum absolute atomic E-state index is 0.107. The molecule has 1 atom stereocenters. The Morgan fingerprint density at radius 2 is 2.17 bits per heavy atom. The smallest absolute Gasteiger partial charge is 0.254 e. The predicted molar refractivity (Wildman–Crippen MR) is 88.1 cm³/mol. The zero-order valence-electron chi connectivity index (χ0n) is 13.9. The third-order valence-electron chi connectivity index (χ3n) is 3.79. The number of hydrogen-bond donors (Lipinski definition) is 1. The first kappa shape index (κ1) is 17.6. The molecule has 1 aromatic heterocycles. The van der Waals surface area contributed by atoms with Crippen LogP contribution in [0.2, 0.25) is 0 Å². The second-order valence-corrected chi connectivity index (χ2v) is 7.81. The van der Waals surface area contributed by atoms with Crippen molar-refractivity contribution in [1.29, 1.82) is 0 Å². The molecular weight excluding hydrogens is 318 g/mol. The number of hydrogen-bond acceptors (Lipinski definition) is 6. The van der Waals surface area contributed by atoms with Crippen LogP contribution < -0.4 is 10.2 Å². The van der Waals surface area contributed by atoms with E-state index in [4.69, 9.17) is 0 Å². The van der Waals surface area contributed by atoms with Gasteiger partial charge in [-0.3, -0.25) is 4.79 Å². The average Bonchev–Trinajstić information content (AvgIpc) is 2.96. The van der Waals surface area contributed by atoms with Gasteiger partial charge in [-0.1, -0.05) is 0 Å². The molecule has 0 aliphatic carbocycles. The lowest BCUT2D eigenvalue weighted by molar-refractivity contribution is 0.0953. The van der Waals surface area contributed by atoms with Crippen LogP contribution in [0.3, 0.4) is 0 Å². The minimum Gasteiger partial charge on any atom is -0.352 e. The number of amides is 1. The lowest BCUT2D eigenvalue weighted by Gasteiger charge is -2.18. The maximum Gasteiger partial charge on any atom is 0.254 e. The molecule has 0 saturated carbocycles. The number of nitrogens with zero attached hydrogens (tertiary/aromatic N) is 4. The van der Waals surface area contributed by atoms with Gasteiger partial charge >= 0.3 is 0 Å². The van der Waals surface area contributed by atoms with E-state index < -0.39 is 10.0 Å². The Balaban J connectivity index is 2.38. The van der Waals surface area contributed by atoms with Gasteiger partial charge in [0.15, 0.2) is 0 Å². The van der Waals surface area contributed by atoms with Gasteiger partial charge < -0.3 is 10.2 Å². The number of nitrogens with one attached hydrogen (secondary N) is 1. The average molecular weight is 341 g/mol. The normalized spacial score (nSPS) is 18.9. The van der Waals surface area contributed by atoms with Crippen LogP contribution in [0.15, 0.2) is 6.20 Å². The molecule has 1 amide bonds. The van der Waals surface area contributed by atoms with E-state index in [0.717, 1.165) is 0 Å². The molecule has 9 heteroatoms. The molecule has 0 spiro atoms. The van der Waals surface area contributed by atoms with Crippen LogP contribution in [-0.4, -0.2) is 68.6 Å². The summed E-state index contributed by atoms with van der Waals surface area (Å²) < 4.78 is 24.9. The second kappa shape index (κ2) is 6.79. The van der Waals surface area contributed by atoms with Crippen molar-refractivity contribution in [2.45, 2.75) is 19.3 Å². The van der Waals surface area contributed by atoms with E-state index >= 15 is 0 Å². The summed E-state index contributed by atoms with van der Waals surface area (Å²) >= 11 is 0. The van der Waals surface area contributed by atoms with Crippen molar-refractivity contribution >= 4 is 21.9 Å². The van der Waals surface area contributed by atoms with E-state index in [2.05, 4.69) is 15.3 Å². The maximum atomic E-state index is 12.2. The first-order chi connectivity index (χ1) is 10.7. The quantitative estimate of drug-likeness (QED) is 0.812. The highest BCUT2D eigenvalue weighted by molar-refractivity contribution is 7.88. The van der Waals surface area contributed by atoms with Gasteiger partial charge in [-0.05, 0) is 13.3 Å². The number of rotatable bonds is 5. The molecule has 1 aliphatic heterocycles. The predicted octanol–water partition coefficient (Wildman–Crippen LogP) is 0.0412. The highest BCUT2D eigenvalue weighted by Crippen LogP contribution is 2.30. The summed E-state index contributed by atoms with van der Waals surface area (Å²) in [6.45, 7) is 3.14. The molecular formula is C14H23N5O3S.